The van der Waals surface area contributed by atoms with Crippen LogP contribution in [-0.2, 0) is 0 Å². The second-order valence-corrected chi connectivity index (χ2v) is 21.7. The number of hydrogen-bond acceptors (Lipinski definition) is 2. The summed E-state index contributed by atoms with van der Waals surface area (Å²) in [6, 6.07) is 65.6. The standard InChI is InChI=1S/C69H53N3O/c1-41-28-32-52-55-24-13-25-56-53-22-8-11-27-62(53)72(68(55)56)49-20-12-14-42(34-49)35-59(52)67(48-30-29-43-15-2-3-17-45(43)36-48)70-66(41)60-39-50(40-64-65(60)57-33-31-44-16-6-7-21-51(44)69(57)73-64)71-61-26-10-9-23-54(61)58-37-46-18-4-5-19-47(46)38-63(58)71/h2-13,15-23,25-27,29-31,33-34,36-42,52,55,59,66H,14,24,28,32,35H2,1H3/t41?,42?,52?,55?,59-,66?/m0/s1. The Morgan fingerprint density at radius 1 is 0.534 bits per heavy atom. The van der Waals surface area contributed by atoms with Gasteiger partial charge in [-0.3, -0.25) is 4.99 Å². The van der Waals surface area contributed by atoms with E-state index in [0.29, 0.717) is 17.8 Å². The molecule has 0 radical (unpaired) electrons. The number of benzene rings is 9. The molecule has 0 N–H and O–H groups in total. The molecule has 5 unspecified atom stereocenters. The maximum absolute atomic E-state index is 7.28. The predicted octanol–water partition coefficient (Wildman–Crippen LogP) is 18.3. The molecule has 0 amide bonds. The second kappa shape index (κ2) is 15.9. The Hall–Kier alpha value is -8.21. The average Bonchev–Trinajstić information content (AvgIpc) is 4.11. The van der Waals surface area contributed by atoms with E-state index in [-0.39, 0.29) is 17.9 Å². The topological polar surface area (TPSA) is 35.4 Å². The van der Waals surface area contributed by atoms with Gasteiger partial charge in [0.25, 0.3) is 0 Å². The van der Waals surface area contributed by atoms with Crippen LogP contribution in [0.3, 0.4) is 0 Å². The molecule has 9 aromatic carbocycles. The van der Waals surface area contributed by atoms with Gasteiger partial charge in [-0.15, -0.1) is 0 Å². The molecule has 3 aromatic heterocycles. The van der Waals surface area contributed by atoms with Crippen LogP contribution in [0.4, 0.5) is 0 Å². The molecule has 4 aliphatic rings. The molecular formula is C69H53N3O. The van der Waals surface area contributed by atoms with Crippen LogP contribution in [0.15, 0.2) is 210 Å². The van der Waals surface area contributed by atoms with Crippen LogP contribution < -0.4 is 0 Å². The number of rotatable bonds is 3. The molecule has 0 spiro atoms. The molecule has 2 bridgehead atoms. The first-order valence-corrected chi connectivity index (χ1v) is 26.7. The van der Waals surface area contributed by atoms with E-state index >= 15 is 0 Å². The van der Waals surface area contributed by atoms with Gasteiger partial charge in [0.15, 0.2) is 0 Å². The first-order chi connectivity index (χ1) is 36.1. The van der Waals surface area contributed by atoms with E-state index in [1.807, 2.05) is 0 Å². The van der Waals surface area contributed by atoms with Gasteiger partial charge in [0.2, 0.25) is 0 Å². The van der Waals surface area contributed by atoms with Gasteiger partial charge in [0, 0.05) is 72.9 Å². The zero-order chi connectivity index (χ0) is 47.9. The SMILES string of the molecule is CC1CCC2C3CC=Cc4c3n(c3ccccc43)C3=CC(CC=C3)C[C@@H]2C(c2ccc3ccccc3c2)=NC1c1cc(-n2c3ccccc3c3cc4ccccc4cc32)cc2oc3c4ccccc4ccc3c12. The van der Waals surface area contributed by atoms with Crippen molar-refractivity contribution in [2.45, 2.75) is 51.0 Å². The van der Waals surface area contributed by atoms with E-state index < -0.39 is 0 Å². The van der Waals surface area contributed by atoms with E-state index in [0.717, 1.165) is 59.7 Å². The fourth-order valence-corrected chi connectivity index (χ4v) is 14.4. The number of aromatic nitrogens is 2. The summed E-state index contributed by atoms with van der Waals surface area (Å²) in [5.41, 5.74) is 14.6. The molecule has 4 heteroatoms. The number of nitrogens with zero attached hydrogens (tertiary/aromatic N) is 3. The van der Waals surface area contributed by atoms with Gasteiger partial charge in [0.1, 0.15) is 11.2 Å². The Morgan fingerprint density at radius 3 is 2.08 bits per heavy atom. The molecule has 350 valence electrons. The quantitative estimate of drug-likeness (QED) is 0.174. The fourth-order valence-electron chi connectivity index (χ4n) is 14.4. The normalized spacial score (nSPS) is 21.8. The van der Waals surface area contributed by atoms with Crippen LogP contribution in [0.5, 0.6) is 0 Å². The van der Waals surface area contributed by atoms with Crippen LogP contribution in [0.25, 0.3) is 104 Å². The summed E-state index contributed by atoms with van der Waals surface area (Å²) in [6.07, 6.45) is 17.7. The number of fused-ring (bicyclic) bond motifs is 17. The predicted molar refractivity (Wildman–Crippen MR) is 306 cm³/mol. The van der Waals surface area contributed by atoms with Crippen molar-refractivity contribution in [1.82, 2.24) is 9.13 Å². The molecule has 0 saturated heterocycles. The van der Waals surface area contributed by atoms with Gasteiger partial charge < -0.3 is 13.6 Å². The van der Waals surface area contributed by atoms with Gasteiger partial charge in [-0.25, -0.2) is 0 Å². The third-order valence-corrected chi connectivity index (χ3v) is 17.7. The molecule has 6 atom stereocenters. The highest BCUT2D eigenvalue weighted by Crippen LogP contribution is 2.53. The molecule has 4 nitrogen and oxygen atoms in total. The van der Waals surface area contributed by atoms with E-state index in [9.17, 15) is 0 Å². The van der Waals surface area contributed by atoms with Crippen LogP contribution >= 0.6 is 0 Å². The van der Waals surface area contributed by atoms with Crippen molar-refractivity contribution in [2.24, 2.45) is 28.7 Å². The van der Waals surface area contributed by atoms with Crippen LogP contribution in [0, 0.1) is 23.7 Å². The minimum Gasteiger partial charge on any atom is -0.455 e. The van der Waals surface area contributed by atoms with Gasteiger partial charge in [-0.2, -0.15) is 0 Å². The van der Waals surface area contributed by atoms with Crippen molar-refractivity contribution in [3.63, 3.8) is 0 Å². The highest BCUT2D eigenvalue weighted by Gasteiger charge is 2.43. The zero-order valence-corrected chi connectivity index (χ0v) is 40.9. The Labute approximate surface area is 423 Å². The first kappa shape index (κ1) is 41.4. The minimum atomic E-state index is -0.149. The van der Waals surface area contributed by atoms with Crippen LogP contribution in [-0.4, -0.2) is 14.8 Å². The minimum absolute atomic E-state index is 0.149. The summed E-state index contributed by atoms with van der Waals surface area (Å²) in [4.78, 5) is 6.45. The van der Waals surface area contributed by atoms with Crippen LogP contribution in [0.2, 0.25) is 0 Å². The Bertz CT molecular complexity index is 4430. The molecule has 2 aliphatic carbocycles. The van der Waals surface area contributed by atoms with E-state index in [1.165, 1.54) is 98.8 Å². The van der Waals surface area contributed by atoms with Crippen molar-refractivity contribution in [3.8, 4) is 5.69 Å². The third-order valence-electron chi connectivity index (χ3n) is 17.7. The highest BCUT2D eigenvalue weighted by atomic mass is 16.3. The molecule has 12 aromatic rings. The largest absolute Gasteiger partial charge is 0.455 e. The highest BCUT2D eigenvalue weighted by molar-refractivity contribution is 6.18. The zero-order valence-electron chi connectivity index (χ0n) is 40.9. The van der Waals surface area contributed by atoms with Crippen molar-refractivity contribution < 1.29 is 4.42 Å². The van der Waals surface area contributed by atoms with Gasteiger partial charge in [-0.1, -0.05) is 159 Å². The lowest BCUT2D eigenvalue weighted by Gasteiger charge is -2.40. The molecule has 2 aliphatic heterocycles. The van der Waals surface area contributed by atoms with Crippen molar-refractivity contribution >= 4 is 104 Å². The summed E-state index contributed by atoms with van der Waals surface area (Å²) < 4.78 is 12.4. The Balaban J connectivity index is 0.983. The lowest BCUT2D eigenvalue weighted by molar-refractivity contribution is 0.249. The lowest BCUT2D eigenvalue weighted by atomic mass is 9.66. The van der Waals surface area contributed by atoms with Gasteiger partial charge >= 0.3 is 0 Å². The molecule has 16 rings (SSSR count). The molecule has 0 fully saturated rings. The Morgan fingerprint density at radius 2 is 1.23 bits per heavy atom. The number of hydrogen-bond donors (Lipinski definition) is 0. The maximum atomic E-state index is 7.28. The summed E-state index contributed by atoms with van der Waals surface area (Å²) >= 11 is 0. The number of aliphatic imine (C=N–C) groups is 1. The number of allylic oxidation sites excluding steroid dienone is 5. The number of furan rings is 1. The molecular weight excluding hydrogens is 887 g/mol. The smallest absolute Gasteiger partial charge is 0.143 e. The summed E-state index contributed by atoms with van der Waals surface area (Å²) in [5.74, 6) is 1.54. The van der Waals surface area contributed by atoms with E-state index in [4.69, 9.17) is 9.41 Å². The van der Waals surface area contributed by atoms with Crippen molar-refractivity contribution in [3.05, 3.63) is 223 Å². The second-order valence-electron chi connectivity index (χ2n) is 21.7. The van der Waals surface area contributed by atoms with Crippen molar-refractivity contribution in [2.75, 3.05) is 0 Å². The first-order valence-electron chi connectivity index (χ1n) is 26.7. The Kier molecular flexibility index (Phi) is 9.02. The van der Waals surface area contributed by atoms with E-state index in [1.54, 1.807) is 0 Å². The average molecular weight is 940 g/mol. The van der Waals surface area contributed by atoms with Gasteiger partial charge in [0.05, 0.1) is 28.3 Å². The lowest BCUT2D eigenvalue weighted by Crippen LogP contribution is -2.34. The summed E-state index contributed by atoms with van der Waals surface area (Å²) in [5, 5.41) is 13.5. The number of para-hydroxylation sites is 2. The van der Waals surface area contributed by atoms with Gasteiger partial charge in [-0.05, 0) is 136 Å². The molecule has 73 heavy (non-hydrogen) atoms. The maximum Gasteiger partial charge on any atom is 0.143 e. The monoisotopic (exact) mass is 939 g/mol. The molecule has 5 heterocycles. The summed E-state index contributed by atoms with van der Waals surface area (Å²) in [7, 11) is 0. The van der Waals surface area contributed by atoms with Crippen molar-refractivity contribution in [1.29, 1.82) is 0 Å². The fraction of sp³-hybridized carbons (Fsp3) is 0.174. The van der Waals surface area contributed by atoms with Crippen LogP contribution in [0.1, 0.15) is 73.4 Å². The third kappa shape index (κ3) is 6.23. The summed E-state index contributed by atoms with van der Waals surface area (Å²) in [6.45, 7) is 2.49. The van der Waals surface area contributed by atoms with E-state index in [2.05, 4.69) is 222 Å². The molecule has 0 saturated carbocycles.